The second-order valence-electron chi connectivity index (χ2n) is 6.53. The largest absolute Gasteiger partial charge is 0.298 e. The minimum Gasteiger partial charge on any atom is -0.298 e. The zero-order valence-corrected chi connectivity index (χ0v) is 13.6. The first-order valence-corrected chi connectivity index (χ1v) is 9.44. The molecule has 2 saturated heterocycles. The molecule has 0 N–H and O–H groups in total. The lowest BCUT2D eigenvalue weighted by Gasteiger charge is -2.41. The molecular weight excluding hydrogens is 305 g/mol. The summed E-state index contributed by atoms with van der Waals surface area (Å²) in [6, 6.07) is 3.92. The van der Waals surface area contributed by atoms with Crippen molar-refractivity contribution in [2.24, 2.45) is 5.41 Å². The molecule has 3 heterocycles. The Morgan fingerprint density at radius 3 is 2.73 bits per heavy atom. The third-order valence-corrected chi connectivity index (χ3v) is 6.13. The summed E-state index contributed by atoms with van der Waals surface area (Å²) in [4.78, 5) is 6.22. The van der Waals surface area contributed by atoms with Gasteiger partial charge in [0.15, 0.2) is 0 Å². The van der Waals surface area contributed by atoms with Gasteiger partial charge in [0.2, 0.25) is 10.0 Å². The van der Waals surface area contributed by atoms with E-state index in [1.165, 1.54) is 10.6 Å². The van der Waals surface area contributed by atoms with E-state index in [1.54, 1.807) is 12.4 Å². The highest BCUT2D eigenvalue weighted by Crippen LogP contribution is 2.42. The van der Waals surface area contributed by atoms with Crippen LogP contribution in [0.3, 0.4) is 0 Å². The Balaban J connectivity index is 1.71. The molecule has 0 amide bonds. The van der Waals surface area contributed by atoms with Gasteiger partial charge in [-0.05, 0) is 37.1 Å². The minimum absolute atomic E-state index is 0.298. The predicted molar refractivity (Wildman–Crippen MR) is 82.5 cm³/mol. The summed E-state index contributed by atoms with van der Waals surface area (Å²) in [5.74, 6) is 0. The minimum atomic E-state index is -3.25. The first-order valence-electron chi connectivity index (χ1n) is 7.60. The molecule has 22 heavy (non-hydrogen) atoms. The average Bonchev–Trinajstić information content (AvgIpc) is 2.86. The van der Waals surface area contributed by atoms with Gasteiger partial charge in [0, 0.05) is 44.0 Å². The average molecular weight is 327 g/mol. The number of hydrogen-bond acceptors (Lipinski definition) is 4. The van der Waals surface area contributed by atoms with Gasteiger partial charge in [-0.1, -0.05) is 0 Å². The van der Waals surface area contributed by atoms with Gasteiger partial charge in [0.05, 0.1) is 6.26 Å². The molecule has 2 atom stereocenters. The lowest BCUT2D eigenvalue weighted by atomic mass is 9.78. The van der Waals surface area contributed by atoms with Crippen LogP contribution < -0.4 is 0 Å². The van der Waals surface area contributed by atoms with E-state index in [2.05, 4.69) is 9.88 Å². The Hall–Kier alpha value is -1.05. The van der Waals surface area contributed by atoms with Gasteiger partial charge in [0.25, 0.3) is 0 Å². The van der Waals surface area contributed by atoms with Gasteiger partial charge in [-0.3, -0.25) is 9.88 Å². The maximum atomic E-state index is 14.6. The van der Waals surface area contributed by atoms with Crippen molar-refractivity contribution in [1.82, 2.24) is 14.2 Å². The zero-order valence-electron chi connectivity index (χ0n) is 12.8. The molecule has 2 aliphatic rings. The molecule has 1 spiro atoms. The predicted octanol–water partition coefficient (Wildman–Crippen LogP) is 1.28. The van der Waals surface area contributed by atoms with E-state index < -0.39 is 21.6 Å². The Morgan fingerprint density at radius 1 is 1.32 bits per heavy atom. The standard InChI is InChI=1S/C15H22FN3O2S/c1-22(20,21)19-8-4-14(16)15(12-19)5-9-18(11-15)10-13-2-6-17-7-3-13/h2-3,6-7,14H,4-5,8-12H2,1H3/t14-,15-/m1/s1. The molecule has 0 radical (unpaired) electrons. The fourth-order valence-corrected chi connectivity index (χ4v) is 4.55. The topological polar surface area (TPSA) is 53.5 Å². The monoisotopic (exact) mass is 327 g/mol. The molecule has 5 nitrogen and oxygen atoms in total. The number of likely N-dealkylation sites (tertiary alicyclic amines) is 1. The number of rotatable bonds is 3. The number of hydrogen-bond donors (Lipinski definition) is 0. The molecule has 1 aromatic rings. The van der Waals surface area contributed by atoms with Crippen molar-refractivity contribution in [3.63, 3.8) is 0 Å². The Morgan fingerprint density at radius 2 is 2.05 bits per heavy atom. The van der Waals surface area contributed by atoms with Gasteiger partial charge in [-0.25, -0.2) is 17.1 Å². The van der Waals surface area contributed by atoms with Gasteiger partial charge in [-0.2, -0.15) is 0 Å². The number of halogens is 1. The van der Waals surface area contributed by atoms with Crippen molar-refractivity contribution in [2.45, 2.75) is 25.6 Å². The smallest absolute Gasteiger partial charge is 0.211 e. The van der Waals surface area contributed by atoms with E-state index in [9.17, 15) is 12.8 Å². The van der Waals surface area contributed by atoms with Gasteiger partial charge in [-0.15, -0.1) is 0 Å². The molecule has 2 aliphatic heterocycles. The first-order chi connectivity index (χ1) is 10.4. The fourth-order valence-electron chi connectivity index (χ4n) is 3.63. The van der Waals surface area contributed by atoms with Crippen molar-refractivity contribution in [3.8, 4) is 0 Å². The van der Waals surface area contributed by atoms with Crippen molar-refractivity contribution >= 4 is 10.0 Å². The van der Waals surface area contributed by atoms with E-state index in [4.69, 9.17) is 0 Å². The van der Waals surface area contributed by atoms with Crippen LogP contribution in [-0.4, -0.2) is 61.2 Å². The molecule has 0 bridgehead atoms. The summed E-state index contributed by atoms with van der Waals surface area (Å²) in [5.41, 5.74) is 0.604. The number of pyridine rings is 1. The molecule has 1 aromatic heterocycles. The Bertz CT molecular complexity index is 625. The summed E-state index contributed by atoms with van der Waals surface area (Å²) in [6.45, 7) is 2.78. The Labute approximate surface area is 131 Å². The molecule has 0 aromatic carbocycles. The maximum Gasteiger partial charge on any atom is 0.211 e. The highest BCUT2D eigenvalue weighted by molar-refractivity contribution is 7.88. The molecule has 0 unspecified atom stereocenters. The van der Waals surface area contributed by atoms with Gasteiger partial charge >= 0.3 is 0 Å². The molecule has 0 aliphatic carbocycles. The molecular formula is C15H22FN3O2S. The molecule has 3 rings (SSSR count). The number of sulfonamides is 1. The van der Waals surface area contributed by atoms with E-state index in [0.717, 1.165) is 18.7 Å². The third-order valence-electron chi connectivity index (χ3n) is 4.88. The Kier molecular flexibility index (Phi) is 4.22. The summed E-state index contributed by atoms with van der Waals surface area (Å²) < 4.78 is 39.6. The van der Waals surface area contributed by atoms with E-state index in [-0.39, 0.29) is 0 Å². The quantitative estimate of drug-likeness (QED) is 0.839. The van der Waals surface area contributed by atoms with Crippen molar-refractivity contribution in [3.05, 3.63) is 30.1 Å². The number of nitrogens with zero attached hydrogens (tertiary/aromatic N) is 3. The summed E-state index contributed by atoms with van der Waals surface area (Å²) in [5, 5.41) is 0. The summed E-state index contributed by atoms with van der Waals surface area (Å²) >= 11 is 0. The van der Waals surface area contributed by atoms with E-state index in [1.807, 2.05) is 12.1 Å². The van der Waals surface area contributed by atoms with Crippen molar-refractivity contribution < 1.29 is 12.8 Å². The van der Waals surface area contributed by atoms with Crippen LogP contribution in [0.2, 0.25) is 0 Å². The van der Waals surface area contributed by atoms with Crippen LogP contribution in [0.25, 0.3) is 0 Å². The normalized spacial score (nSPS) is 30.9. The third kappa shape index (κ3) is 3.16. The second kappa shape index (κ2) is 5.86. The van der Waals surface area contributed by atoms with E-state index >= 15 is 0 Å². The van der Waals surface area contributed by atoms with Crippen LogP contribution in [0.1, 0.15) is 18.4 Å². The molecule has 122 valence electrons. The number of aromatic nitrogens is 1. The maximum absolute atomic E-state index is 14.6. The number of alkyl halides is 1. The first kappa shape index (κ1) is 15.8. The SMILES string of the molecule is CS(=O)(=O)N1CC[C@@H](F)[C@@]2(CCN(Cc3ccncc3)C2)C1. The highest BCUT2D eigenvalue weighted by atomic mass is 32.2. The van der Waals surface area contributed by atoms with E-state index in [0.29, 0.717) is 32.5 Å². The van der Waals surface area contributed by atoms with Gasteiger partial charge < -0.3 is 0 Å². The summed E-state index contributed by atoms with van der Waals surface area (Å²) in [7, 11) is -3.25. The molecule has 0 saturated carbocycles. The van der Waals surface area contributed by atoms with Crippen LogP contribution in [0.5, 0.6) is 0 Å². The second-order valence-corrected chi connectivity index (χ2v) is 8.51. The van der Waals surface area contributed by atoms with Crippen molar-refractivity contribution in [1.29, 1.82) is 0 Å². The lowest BCUT2D eigenvalue weighted by Crippen LogP contribution is -2.52. The fraction of sp³-hybridized carbons (Fsp3) is 0.667. The van der Waals surface area contributed by atoms with Gasteiger partial charge in [0.1, 0.15) is 6.17 Å². The molecule has 7 heteroatoms. The van der Waals surface area contributed by atoms with Crippen molar-refractivity contribution in [2.75, 3.05) is 32.4 Å². The van der Waals surface area contributed by atoms with Crippen LogP contribution in [0.4, 0.5) is 4.39 Å². The molecule has 2 fully saturated rings. The van der Waals surface area contributed by atoms with Crippen LogP contribution in [0, 0.1) is 5.41 Å². The highest BCUT2D eigenvalue weighted by Gasteiger charge is 2.49. The van der Waals surface area contributed by atoms with Crippen LogP contribution >= 0.6 is 0 Å². The zero-order chi connectivity index (χ0) is 15.8. The van der Waals surface area contributed by atoms with Crippen LogP contribution in [-0.2, 0) is 16.6 Å². The number of piperidine rings is 1. The lowest BCUT2D eigenvalue weighted by molar-refractivity contribution is 0.0417. The van der Waals surface area contributed by atoms with Crippen LogP contribution in [0.15, 0.2) is 24.5 Å². The summed E-state index contributed by atoms with van der Waals surface area (Å²) in [6.07, 6.45) is 4.81.